The van der Waals surface area contributed by atoms with Crippen LogP contribution in [0.5, 0.6) is 11.5 Å². The van der Waals surface area contributed by atoms with E-state index >= 15 is 0 Å². The van der Waals surface area contributed by atoms with Crippen LogP contribution in [0.2, 0.25) is 5.02 Å². The van der Waals surface area contributed by atoms with Crippen molar-refractivity contribution in [2.24, 2.45) is 0 Å². The van der Waals surface area contributed by atoms with E-state index in [0.29, 0.717) is 29.7 Å². The van der Waals surface area contributed by atoms with Gasteiger partial charge in [0.2, 0.25) is 0 Å². The summed E-state index contributed by atoms with van der Waals surface area (Å²) in [6.45, 7) is 6.70. The smallest absolute Gasteiger partial charge is 0.180 e. The number of hydrogen-bond acceptors (Lipinski definition) is 4. The zero-order valence-corrected chi connectivity index (χ0v) is 15.6. The summed E-state index contributed by atoms with van der Waals surface area (Å²) in [5.41, 5.74) is 3.00. The second-order valence-electron chi connectivity index (χ2n) is 5.95. The number of nitrogens with one attached hydrogen (secondary N) is 2. The molecule has 136 valence electrons. The molecule has 6 heteroatoms. The van der Waals surface area contributed by atoms with E-state index in [-0.39, 0.29) is 6.04 Å². The number of methoxy groups -OCH3 is 1. The molecular weight excluding hydrogens is 350 g/mol. The van der Waals surface area contributed by atoms with Gasteiger partial charge < -0.3 is 19.8 Å². The minimum absolute atomic E-state index is 0.0591. The summed E-state index contributed by atoms with van der Waals surface area (Å²) in [5.74, 6) is 2.03. The SMILES string of the molecule is C=CCOc1c(Cl)cc(CN[C@@H](C)c2nc3ccccc3[nH]2)cc1OC. The standard InChI is InChI=1S/C20H22ClN3O2/c1-4-9-26-19-15(21)10-14(11-18(19)25-3)12-22-13(2)20-23-16-7-5-6-8-17(16)24-20/h4-8,10-11,13,22H,1,9,12H2,2-3H3,(H,23,24)/t13-/m0/s1. The second-order valence-corrected chi connectivity index (χ2v) is 6.36. The molecule has 0 bridgehead atoms. The molecule has 0 radical (unpaired) electrons. The van der Waals surface area contributed by atoms with Crippen LogP contribution < -0.4 is 14.8 Å². The summed E-state index contributed by atoms with van der Waals surface area (Å²) in [6.07, 6.45) is 1.67. The van der Waals surface area contributed by atoms with Crippen LogP contribution in [0.25, 0.3) is 11.0 Å². The third-order valence-corrected chi connectivity index (χ3v) is 4.35. The molecule has 0 saturated heterocycles. The predicted molar refractivity (Wildman–Crippen MR) is 105 cm³/mol. The lowest BCUT2D eigenvalue weighted by atomic mass is 10.2. The molecule has 0 unspecified atom stereocenters. The van der Waals surface area contributed by atoms with E-state index < -0.39 is 0 Å². The Morgan fingerprint density at radius 1 is 1.35 bits per heavy atom. The van der Waals surface area contributed by atoms with Crippen LogP contribution in [0.3, 0.4) is 0 Å². The first-order chi connectivity index (χ1) is 12.6. The molecule has 1 atom stereocenters. The van der Waals surface area contributed by atoms with Gasteiger partial charge in [0, 0.05) is 6.54 Å². The number of fused-ring (bicyclic) bond motifs is 1. The monoisotopic (exact) mass is 371 g/mol. The number of ether oxygens (including phenoxy) is 2. The van der Waals surface area contributed by atoms with Crippen molar-refractivity contribution in [2.75, 3.05) is 13.7 Å². The average Bonchev–Trinajstić information content (AvgIpc) is 3.09. The van der Waals surface area contributed by atoms with Crippen LogP contribution in [-0.2, 0) is 6.54 Å². The summed E-state index contributed by atoms with van der Waals surface area (Å²) in [7, 11) is 1.60. The van der Waals surface area contributed by atoms with E-state index in [1.165, 1.54) is 0 Å². The van der Waals surface area contributed by atoms with Gasteiger partial charge in [-0.1, -0.05) is 36.4 Å². The number of H-pyrrole nitrogens is 1. The van der Waals surface area contributed by atoms with E-state index in [0.717, 1.165) is 22.4 Å². The molecule has 0 amide bonds. The van der Waals surface area contributed by atoms with Crippen LogP contribution in [0, 0.1) is 0 Å². The molecule has 2 N–H and O–H groups in total. The summed E-state index contributed by atoms with van der Waals surface area (Å²) >= 11 is 6.35. The molecule has 0 saturated carbocycles. The Bertz CT molecular complexity index is 874. The van der Waals surface area contributed by atoms with Gasteiger partial charge in [0.15, 0.2) is 11.5 Å². The summed E-state index contributed by atoms with van der Waals surface area (Å²) in [6, 6.07) is 11.8. The highest BCUT2D eigenvalue weighted by molar-refractivity contribution is 6.32. The molecular formula is C20H22ClN3O2. The van der Waals surface area contributed by atoms with Crippen molar-refractivity contribution in [3.8, 4) is 11.5 Å². The Kier molecular flexibility index (Phi) is 5.81. The van der Waals surface area contributed by atoms with Gasteiger partial charge in [-0.15, -0.1) is 0 Å². The largest absolute Gasteiger partial charge is 0.493 e. The van der Waals surface area contributed by atoms with Gasteiger partial charge in [0.05, 0.1) is 29.2 Å². The lowest BCUT2D eigenvalue weighted by Gasteiger charge is -2.15. The van der Waals surface area contributed by atoms with Gasteiger partial charge in [0.1, 0.15) is 12.4 Å². The quantitative estimate of drug-likeness (QED) is 0.566. The molecule has 3 aromatic rings. The normalized spacial score (nSPS) is 12.1. The number of halogens is 1. The molecule has 5 nitrogen and oxygen atoms in total. The Morgan fingerprint density at radius 3 is 2.88 bits per heavy atom. The summed E-state index contributed by atoms with van der Waals surface area (Å²) in [5, 5.41) is 3.97. The van der Waals surface area contributed by atoms with E-state index in [4.69, 9.17) is 21.1 Å². The van der Waals surface area contributed by atoms with Crippen LogP contribution in [-0.4, -0.2) is 23.7 Å². The lowest BCUT2D eigenvalue weighted by molar-refractivity contribution is 0.326. The molecule has 26 heavy (non-hydrogen) atoms. The second kappa shape index (κ2) is 8.25. The molecule has 0 fully saturated rings. The Morgan fingerprint density at radius 2 is 2.15 bits per heavy atom. The minimum Gasteiger partial charge on any atom is -0.493 e. The fourth-order valence-electron chi connectivity index (χ4n) is 2.70. The van der Waals surface area contributed by atoms with Crippen molar-refractivity contribution in [1.29, 1.82) is 0 Å². The van der Waals surface area contributed by atoms with Crippen LogP contribution in [0.15, 0.2) is 49.1 Å². The van der Waals surface area contributed by atoms with Crippen molar-refractivity contribution in [3.63, 3.8) is 0 Å². The van der Waals surface area contributed by atoms with Gasteiger partial charge in [-0.3, -0.25) is 0 Å². The van der Waals surface area contributed by atoms with Gasteiger partial charge in [0.25, 0.3) is 0 Å². The first-order valence-electron chi connectivity index (χ1n) is 8.40. The fourth-order valence-corrected chi connectivity index (χ4v) is 2.99. The summed E-state index contributed by atoms with van der Waals surface area (Å²) < 4.78 is 11.0. The minimum atomic E-state index is 0.0591. The van der Waals surface area contributed by atoms with Crippen LogP contribution in [0.4, 0.5) is 0 Å². The highest BCUT2D eigenvalue weighted by Gasteiger charge is 2.14. The number of aromatic nitrogens is 2. The number of benzene rings is 2. The Labute approximate surface area is 158 Å². The lowest BCUT2D eigenvalue weighted by Crippen LogP contribution is -2.19. The van der Waals surface area contributed by atoms with Gasteiger partial charge >= 0.3 is 0 Å². The van der Waals surface area contributed by atoms with E-state index in [1.54, 1.807) is 13.2 Å². The van der Waals surface area contributed by atoms with Gasteiger partial charge in [-0.25, -0.2) is 4.98 Å². The van der Waals surface area contributed by atoms with E-state index in [9.17, 15) is 0 Å². The number of imidazole rings is 1. The van der Waals surface area contributed by atoms with Crippen molar-refractivity contribution in [3.05, 3.63) is 65.5 Å². The number of hydrogen-bond donors (Lipinski definition) is 2. The number of nitrogens with zero attached hydrogens (tertiary/aromatic N) is 1. The molecule has 1 heterocycles. The maximum atomic E-state index is 6.35. The van der Waals surface area contributed by atoms with Gasteiger partial charge in [-0.2, -0.15) is 0 Å². The zero-order valence-electron chi connectivity index (χ0n) is 14.9. The highest BCUT2D eigenvalue weighted by Crippen LogP contribution is 2.36. The van der Waals surface area contributed by atoms with Crippen molar-refractivity contribution >= 4 is 22.6 Å². The van der Waals surface area contributed by atoms with Gasteiger partial charge in [-0.05, 0) is 36.8 Å². The third kappa shape index (κ3) is 4.00. The van der Waals surface area contributed by atoms with Crippen molar-refractivity contribution in [2.45, 2.75) is 19.5 Å². The molecule has 0 aliphatic heterocycles. The first kappa shape index (κ1) is 18.3. The number of aromatic amines is 1. The Balaban J connectivity index is 1.72. The highest BCUT2D eigenvalue weighted by atomic mass is 35.5. The molecule has 1 aromatic heterocycles. The predicted octanol–water partition coefficient (Wildman–Crippen LogP) is 4.64. The third-order valence-electron chi connectivity index (χ3n) is 4.06. The van der Waals surface area contributed by atoms with Crippen LogP contribution in [0.1, 0.15) is 24.4 Å². The maximum Gasteiger partial charge on any atom is 0.180 e. The van der Waals surface area contributed by atoms with Crippen molar-refractivity contribution < 1.29 is 9.47 Å². The number of para-hydroxylation sites is 2. The van der Waals surface area contributed by atoms with E-state index in [2.05, 4.69) is 28.8 Å². The zero-order chi connectivity index (χ0) is 18.5. The average molecular weight is 372 g/mol. The topological polar surface area (TPSA) is 59.2 Å². The maximum absolute atomic E-state index is 6.35. The first-order valence-corrected chi connectivity index (χ1v) is 8.78. The van der Waals surface area contributed by atoms with E-state index in [1.807, 2.05) is 36.4 Å². The molecule has 0 spiro atoms. The molecule has 3 rings (SSSR count). The Hall–Kier alpha value is -2.50. The van der Waals surface area contributed by atoms with Crippen LogP contribution >= 0.6 is 11.6 Å². The van der Waals surface area contributed by atoms with Crippen molar-refractivity contribution in [1.82, 2.24) is 15.3 Å². The summed E-state index contributed by atoms with van der Waals surface area (Å²) in [4.78, 5) is 7.97. The molecule has 0 aliphatic rings. The molecule has 2 aromatic carbocycles. The fraction of sp³-hybridized carbons (Fsp3) is 0.250. The number of rotatable bonds is 8. The molecule has 0 aliphatic carbocycles.